The summed E-state index contributed by atoms with van der Waals surface area (Å²) in [5.41, 5.74) is 0. The number of hydrogen-bond acceptors (Lipinski definition) is 2. The molecule has 0 saturated carbocycles. The van der Waals surface area contributed by atoms with Crippen molar-refractivity contribution in [3.05, 3.63) is 0 Å². The highest BCUT2D eigenvalue weighted by Gasteiger charge is 2.03. The van der Waals surface area contributed by atoms with Crippen LogP contribution in [0.4, 0.5) is 0 Å². The maximum absolute atomic E-state index is 8.35. The average molecular weight is 213 g/mol. The van der Waals surface area contributed by atoms with Gasteiger partial charge in [-0.05, 0) is 18.3 Å². The lowest BCUT2D eigenvalue weighted by molar-refractivity contribution is 0.399. The maximum Gasteiger partial charge on any atom is 0.231 e. The molecule has 0 aromatic rings. The molecule has 0 aromatic carbocycles. The van der Waals surface area contributed by atoms with E-state index in [1.807, 2.05) is 0 Å². The Kier molecular flexibility index (Phi) is 15.0. The average Bonchev–Trinajstić information content (AvgIpc) is 2.12. The Morgan fingerprint density at radius 3 is 2.07 bits per heavy atom. The van der Waals surface area contributed by atoms with Crippen LogP contribution in [-0.4, -0.2) is 6.08 Å². The number of unbranched alkanes of at least 4 members (excludes halogenated alkanes) is 3. The lowest BCUT2D eigenvalue weighted by Crippen LogP contribution is -1.99. The van der Waals surface area contributed by atoms with Crippen LogP contribution < -0.4 is 0 Å². The van der Waals surface area contributed by atoms with Crippen molar-refractivity contribution in [1.82, 2.24) is 0 Å². The molecule has 0 heterocycles. The van der Waals surface area contributed by atoms with Crippen molar-refractivity contribution in [2.24, 2.45) is 11.8 Å². The van der Waals surface area contributed by atoms with Crippen LogP contribution in [-0.2, 0) is 4.79 Å². The van der Waals surface area contributed by atoms with E-state index < -0.39 is 0 Å². The van der Waals surface area contributed by atoms with Crippen LogP contribution in [0.15, 0.2) is 0 Å². The molecule has 2 heteroatoms. The summed E-state index contributed by atoms with van der Waals surface area (Å²) in [6.07, 6.45) is 9.28. The summed E-state index contributed by atoms with van der Waals surface area (Å²) < 4.78 is 0. The summed E-state index contributed by atoms with van der Waals surface area (Å²) in [6, 6.07) is 0. The van der Waals surface area contributed by atoms with Crippen LogP contribution in [0.5, 0.6) is 0 Å². The van der Waals surface area contributed by atoms with E-state index in [1.54, 1.807) is 0 Å². The van der Waals surface area contributed by atoms with Gasteiger partial charge in [0.25, 0.3) is 0 Å². The summed E-state index contributed by atoms with van der Waals surface area (Å²) in [4.78, 5) is 8.35. The number of isocyanates is 1. The first-order chi connectivity index (χ1) is 7.08. The van der Waals surface area contributed by atoms with Crippen molar-refractivity contribution in [3.8, 4) is 0 Å². The lowest BCUT2D eigenvalue weighted by Gasteiger charge is -2.13. The lowest BCUT2D eigenvalue weighted by atomic mass is 9.94. The molecule has 0 aliphatic carbocycles. The molecule has 0 bridgehead atoms. The first-order valence-electron chi connectivity index (χ1n) is 6.12. The van der Waals surface area contributed by atoms with E-state index in [0.29, 0.717) is 0 Å². The maximum atomic E-state index is 8.35. The zero-order valence-corrected chi connectivity index (χ0v) is 10.8. The number of rotatable bonds is 7. The minimum Gasteiger partial charge on any atom is -0.222 e. The fraction of sp³-hybridized carbons (Fsp3) is 0.923. The molecule has 1 atom stereocenters. The van der Waals surface area contributed by atoms with Gasteiger partial charge in [-0.3, -0.25) is 0 Å². The third kappa shape index (κ3) is 19.7. The van der Waals surface area contributed by atoms with Crippen molar-refractivity contribution in [1.29, 1.82) is 5.41 Å². The standard InChI is InChI=1S/C12H26.CHNO/c1-5-6-7-8-9-12(4)10-11(2)3;2-1-3/h11-12H,5-10H2,1-4H3;2H. The SMILES string of the molecule is CCCCCCC(C)CC(C)C.N=C=O. The van der Waals surface area contributed by atoms with Gasteiger partial charge in [0.05, 0.1) is 0 Å². The fourth-order valence-electron chi connectivity index (χ4n) is 1.84. The molecule has 0 fully saturated rings. The molecule has 0 aromatic heterocycles. The van der Waals surface area contributed by atoms with E-state index in [0.717, 1.165) is 17.9 Å². The predicted octanol–water partition coefficient (Wildman–Crippen LogP) is 4.54. The molecule has 0 aliphatic rings. The topological polar surface area (TPSA) is 40.9 Å². The monoisotopic (exact) mass is 213 g/mol. The van der Waals surface area contributed by atoms with Crippen molar-refractivity contribution >= 4 is 6.08 Å². The summed E-state index contributed by atoms with van der Waals surface area (Å²) in [5.74, 6) is 1.83. The molecular weight excluding hydrogens is 186 g/mol. The predicted molar refractivity (Wildman–Crippen MR) is 65.8 cm³/mol. The van der Waals surface area contributed by atoms with Crippen LogP contribution in [0.3, 0.4) is 0 Å². The van der Waals surface area contributed by atoms with E-state index in [2.05, 4.69) is 27.7 Å². The van der Waals surface area contributed by atoms with Crippen LogP contribution >= 0.6 is 0 Å². The van der Waals surface area contributed by atoms with Gasteiger partial charge >= 0.3 is 0 Å². The fourth-order valence-corrected chi connectivity index (χ4v) is 1.84. The molecule has 0 amide bonds. The van der Waals surface area contributed by atoms with Gasteiger partial charge in [0.1, 0.15) is 0 Å². The highest BCUT2D eigenvalue weighted by Crippen LogP contribution is 2.17. The molecule has 0 rings (SSSR count). The number of hydrogen-bond donors (Lipinski definition) is 1. The van der Waals surface area contributed by atoms with Gasteiger partial charge in [-0.1, -0.05) is 59.8 Å². The Bertz CT molecular complexity index is 149. The van der Waals surface area contributed by atoms with Gasteiger partial charge in [-0.25, -0.2) is 10.2 Å². The van der Waals surface area contributed by atoms with Crippen LogP contribution in [0.25, 0.3) is 0 Å². The van der Waals surface area contributed by atoms with Crippen molar-refractivity contribution in [2.45, 2.75) is 66.2 Å². The van der Waals surface area contributed by atoms with Gasteiger partial charge in [0.2, 0.25) is 6.08 Å². The van der Waals surface area contributed by atoms with E-state index in [-0.39, 0.29) is 0 Å². The van der Waals surface area contributed by atoms with Gasteiger partial charge in [-0.15, -0.1) is 0 Å². The molecule has 0 radical (unpaired) electrons. The number of carbonyl (C=O) groups excluding carboxylic acids is 1. The Labute approximate surface area is 95.0 Å². The first kappa shape index (κ1) is 16.8. The van der Waals surface area contributed by atoms with Gasteiger partial charge in [0.15, 0.2) is 0 Å². The quantitative estimate of drug-likeness (QED) is 0.376. The molecular formula is C13H27NO. The van der Waals surface area contributed by atoms with E-state index in [9.17, 15) is 0 Å². The summed E-state index contributed by atoms with van der Waals surface area (Å²) in [5, 5.41) is 5.40. The molecule has 1 unspecified atom stereocenters. The van der Waals surface area contributed by atoms with Gasteiger partial charge in [-0.2, -0.15) is 0 Å². The zero-order chi connectivity index (χ0) is 12.1. The summed E-state index contributed by atoms with van der Waals surface area (Å²) in [7, 11) is 0. The largest absolute Gasteiger partial charge is 0.231 e. The molecule has 1 N–H and O–H groups in total. The minimum absolute atomic E-state index is 0.750. The van der Waals surface area contributed by atoms with E-state index in [1.165, 1.54) is 38.5 Å². The third-order valence-corrected chi connectivity index (χ3v) is 2.42. The molecule has 90 valence electrons. The second-order valence-electron chi connectivity index (χ2n) is 4.69. The second kappa shape index (κ2) is 13.4. The molecule has 0 spiro atoms. The summed E-state index contributed by atoms with van der Waals surface area (Å²) >= 11 is 0. The Hall–Kier alpha value is -0.620. The van der Waals surface area contributed by atoms with Crippen LogP contribution in [0.2, 0.25) is 0 Å². The first-order valence-corrected chi connectivity index (χ1v) is 6.12. The van der Waals surface area contributed by atoms with Crippen molar-refractivity contribution < 1.29 is 4.79 Å². The van der Waals surface area contributed by atoms with E-state index in [4.69, 9.17) is 10.2 Å². The highest BCUT2D eigenvalue weighted by atomic mass is 16.1. The molecule has 0 saturated heterocycles. The Morgan fingerprint density at radius 1 is 1.13 bits per heavy atom. The highest BCUT2D eigenvalue weighted by molar-refractivity contribution is 5.26. The van der Waals surface area contributed by atoms with Crippen molar-refractivity contribution in [2.75, 3.05) is 0 Å². The number of nitrogens with one attached hydrogen (secondary N) is 1. The van der Waals surface area contributed by atoms with E-state index >= 15 is 0 Å². The van der Waals surface area contributed by atoms with Gasteiger partial charge in [0, 0.05) is 0 Å². The normalized spacial score (nSPS) is 11.5. The van der Waals surface area contributed by atoms with Crippen LogP contribution in [0.1, 0.15) is 66.2 Å². The van der Waals surface area contributed by atoms with Crippen LogP contribution in [0, 0.1) is 17.2 Å². The molecule has 15 heavy (non-hydrogen) atoms. The Balaban J connectivity index is 0. The summed E-state index contributed by atoms with van der Waals surface area (Å²) in [6.45, 7) is 9.31. The smallest absolute Gasteiger partial charge is 0.222 e. The second-order valence-corrected chi connectivity index (χ2v) is 4.69. The molecule has 0 aliphatic heterocycles. The zero-order valence-electron chi connectivity index (χ0n) is 10.8. The Morgan fingerprint density at radius 2 is 1.67 bits per heavy atom. The van der Waals surface area contributed by atoms with Crippen molar-refractivity contribution in [3.63, 3.8) is 0 Å². The third-order valence-electron chi connectivity index (χ3n) is 2.42. The van der Waals surface area contributed by atoms with Gasteiger partial charge < -0.3 is 0 Å². The minimum atomic E-state index is 0.750. The molecule has 2 nitrogen and oxygen atoms in total.